The summed E-state index contributed by atoms with van der Waals surface area (Å²) in [6, 6.07) is 17.6. The summed E-state index contributed by atoms with van der Waals surface area (Å²) in [6.07, 6.45) is 5.07. The number of anilines is 1. The third-order valence-corrected chi connectivity index (χ3v) is 9.97. The molecule has 3 aromatic rings. The second-order valence-corrected chi connectivity index (χ2v) is 13.7. The minimum absolute atomic E-state index is 0.0190. The Labute approximate surface area is 258 Å². The number of amides is 2. The third-order valence-electron chi connectivity index (χ3n) is 7.74. The second-order valence-electron chi connectivity index (χ2n) is 10.9. The molecule has 0 heterocycles. The van der Waals surface area contributed by atoms with Gasteiger partial charge in [0.2, 0.25) is 11.8 Å². The first-order valence-corrected chi connectivity index (χ1v) is 16.3. The number of hydrogen-bond acceptors (Lipinski definition) is 4. The zero-order chi connectivity index (χ0) is 30.4. The maximum Gasteiger partial charge on any atom is 0.264 e. The maximum atomic E-state index is 14.2. The minimum Gasteiger partial charge on any atom is -0.352 e. The van der Waals surface area contributed by atoms with Crippen molar-refractivity contribution in [2.75, 3.05) is 10.8 Å². The van der Waals surface area contributed by atoms with Crippen molar-refractivity contribution in [3.63, 3.8) is 0 Å². The molecular weight excluding hydrogens is 593 g/mol. The van der Waals surface area contributed by atoms with E-state index in [1.165, 1.54) is 35.2 Å². The number of nitrogens with zero attached hydrogens (tertiary/aromatic N) is 2. The van der Waals surface area contributed by atoms with Gasteiger partial charge in [-0.3, -0.25) is 13.9 Å². The standard InChI is InChI=1S/C32H37Cl2N3O4S/c1-22-13-15-30(16-14-22)42(40,41)37(29-18-26(33)17-27(34)19-29)21-31(38)36(20-25-10-8-7-9-23(25)2)24(3)32(39)35-28-11-5-4-6-12-28/h7-10,13-19,24,28H,4-6,11-12,20-21H2,1-3H3,(H,35,39)/t24-/m0/s1. The monoisotopic (exact) mass is 629 g/mol. The van der Waals surface area contributed by atoms with Gasteiger partial charge in [0.15, 0.2) is 0 Å². The fourth-order valence-electron chi connectivity index (χ4n) is 5.17. The van der Waals surface area contributed by atoms with Crippen LogP contribution in [0.3, 0.4) is 0 Å². The van der Waals surface area contributed by atoms with E-state index in [1.807, 2.05) is 38.1 Å². The molecule has 42 heavy (non-hydrogen) atoms. The lowest BCUT2D eigenvalue weighted by Crippen LogP contribution is -2.53. The van der Waals surface area contributed by atoms with Crippen molar-refractivity contribution in [1.29, 1.82) is 0 Å². The van der Waals surface area contributed by atoms with Crippen molar-refractivity contribution >= 4 is 50.7 Å². The van der Waals surface area contributed by atoms with E-state index >= 15 is 0 Å². The molecule has 0 bridgehead atoms. The van der Waals surface area contributed by atoms with Gasteiger partial charge in [0.05, 0.1) is 10.6 Å². The Morgan fingerprint density at radius 2 is 1.55 bits per heavy atom. The van der Waals surface area contributed by atoms with Gasteiger partial charge >= 0.3 is 0 Å². The summed E-state index contributed by atoms with van der Waals surface area (Å²) >= 11 is 12.5. The number of hydrogen-bond donors (Lipinski definition) is 1. The Kier molecular flexibility index (Phi) is 10.6. The summed E-state index contributed by atoms with van der Waals surface area (Å²) in [4.78, 5) is 29.1. The molecule has 2 amide bonds. The van der Waals surface area contributed by atoms with Crippen LogP contribution in [0.1, 0.15) is 55.7 Å². The third kappa shape index (κ3) is 7.85. The van der Waals surface area contributed by atoms with E-state index in [0.29, 0.717) is 0 Å². The molecule has 1 saturated carbocycles. The molecule has 1 atom stereocenters. The topological polar surface area (TPSA) is 86.8 Å². The normalized spacial score (nSPS) is 14.7. The van der Waals surface area contributed by atoms with Gasteiger partial charge in [-0.05, 0) is 75.1 Å². The molecule has 1 N–H and O–H groups in total. The van der Waals surface area contributed by atoms with E-state index in [-0.39, 0.29) is 39.1 Å². The number of sulfonamides is 1. The van der Waals surface area contributed by atoms with E-state index in [2.05, 4.69) is 5.32 Å². The summed E-state index contributed by atoms with van der Waals surface area (Å²) in [5.74, 6) is -0.793. The molecule has 1 fully saturated rings. The number of rotatable bonds is 10. The molecule has 4 rings (SSSR count). The van der Waals surface area contributed by atoms with Gasteiger partial charge < -0.3 is 10.2 Å². The van der Waals surface area contributed by atoms with Crippen LogP contribution < -0.4 is 9.62 Å². The van der Waals surface area contributed by atoms with Gasteiger partial charge in [-0.1, -0.05) is 84.4 Å². The molecule has 224 valence electrons. The molecule has 10 heteroatoms. The molecule has 1 aliphatic carbocycles. The number of halogens is 2. The summed E-state index contributed by atoms with van der Waals surface area (Å²) < 4.78 is 29.0. The van der Waals surface area contributed by atoms with E-state index in [0.717, 1.165) is 53.1 Å². The molecule has 3 aromatic carbocycles. The number of carbonyl (C=O) groups is 2. The fraction of sp³-hybridized carbons (Fsp3) is 0.375. The second kappa shape index (κ2) is 13.9. The Balaban J connectivity index is 1.71. The molecule has 0 aliphatic heterocycles. The molecular formula is C32H37Cl2N3O4S. The number of nitrogens with one attached hydrogen (secondary N) is 1. The van der Waals surface area contributed by atoms with E-state index in [9.17, 15) is 18.0 Å². The van der Waals surface area contributed by atoms with Crippen LogP contribution >= 0.6 is 23.2 Å². The van der Waals surface area contributed by atoms with Gasteiger partial charge in [-0.15, -0.1) is 0 Å². The van der Waals surface area contributed by atoms with Crippen LogP contribution in [-0.2, 0) is 26.2 Å². The molecule has 7 nitrogen and oxygen atoms in total. The van der Waals surface area contributed by atoms with Crippen molar-refractivity contribution in [2.45, 2.75) is 76.4 Å². The molecule has 0 saturated heterocycles. The first kappa shape index (κ1) is 31.9. The van der Waals surface area contributed by atoms with Gasteiger partial charge in [0, 0.05) is 22.6 Å². The first-order valence-electron chi connectivity index (χ1n) is 14.2. The Morgan fingerprint density at radius 3 is 2.17 bits per heavy atom. The summed E-state index contributed by atoms with van der Waals surface area (Å²) in [5, 5.41) is 3.57. The predicted molar refractivity (Wildman–Crippen MR) is 168 cm³/mol. The van der Waals surface area contributed by atoms with E-state index in [4.69, 9.17) is 23.2 Å². The summed E-state index contributed by atoms with van der Waals surface area (Å²) in [5.41, 5.74) is 2.86. The van der Waals surface area contributed by atoms with Crippen molar-refractivity contribution < 1.29 is 18.0 Å². The lowest BCUT2D eigenvalue weighted by Gasteiger charge is -2.33. The molecule has 1 aliphatic rings. The SMILES string of the molecule is Cc1ccc(S(=O)(=O)N(CC(=O)N(Cc2ccccc2C)[C@@H](C)C(=O)NC2CCCCC2)c2cc(Cl)cc(Cl)c2)cc1. The quantitative estimate of drug-likeness (QED) is 0.271. The zero-order valence-electron chi connectivity index (χ0n) is 24.1. The van der Waals surface area contributed by atoms with Gasteiger partial charge in [-0.25, -0.2) is 8.42 Å². The van der Waals surface area contributed by atoms with Gasteiger partial charge in [0.25, 0.3) is 10.0 Å². The lowest BCUT2D eigenvalue weighted by atomic mass is 9.95. The average molecular weight is 631 g/mol. The first-order chi connectivity index (χ1) is 20.0. The largest absolute Gasteiger partial charge is 0.352 e. The van der Waals surface area contributed by atoms with Crippen LogP contribution in [0.5, 0.6) is 0 Å². The van der Waals surface area contributed by atoms with Gasteiger partial charge in [-0.2, -0.15) is 0 Å². The van der Waals surface area contributed by atoms with E-state index in [1.54, 1.807) is 19.1 Å². The van der Waals surface area contributed by atoms with E-state index < -0.39 is 28.5 Å². The number of benzene rings is 3. The predicted octanol–water partition coefficient (Wildman–Crippen LogP) is 6.67. The molecule has 0 radical (unpaired) electrons. The van der Waals surface area contributed by atoms with Crippen molar-refractivity contribution in [3.8, 4) is 0 Å². The zero-order valence-corrected chi connectivity index (χ0v) is 26.5. The minimum atomic E-state index is -4.21. The Hall–Kier alpha value is -3.07. The smallest absolute Gasteiger partial charge is 0.264 e. The molecule has 0 spiro atoms. The Bertz CT molecular complexity index is 1500. The lowest BCUT2D eigenvalue weighted by molar-refractivity contribution is -0.139. The molecule has 0 unspecified atom stereocenters. The highest BCUT2D eigenvalue weighted by Gasteiger charge is 2.33. The average Bonchev–Trinajstić information content (AvgIpc) is 2.95. The highest BCUT2D eigenvalue weighted by atomic mass is 35.5. The fourth-order valence-corrected chi connectivity index (χ4v) is 7.08. The molecule has 0 aromatic heterocycles. The van der Waals surface area contributed by atoms with Crippen LogP contribution in [0.2, 0.25) is 10.0 Å². The van der Waals surface area contributed by atoms with Crippen molar-refractivity contribution in [3.05, 3.63) is 93.5 Å². The Morgan fingerprint density at radius 1 is 0.929 bits per heavy atom. The van der Waals surface area contributed by atoms with Crippen LogP contribution in [0, 0.1) is 13.8 Å². The highest BCUT2D eigenvalue weighted by molar-refractivity contribution is 7.92. The highest BCUT2D eigenvalue weighted by Crippen LogP contribution is 2.30. The van der Waals surface area contributed by atoms with Crippen molar-refractivity contribution in [1.82, 2.24) is 10.2 Å². The van der Waals surface area contributed by atoms with Crippen LogP contribution in [0.25, 0.3) is 0 Å². The number of carbonyl (C=O) groups excluding carboxylic acids is 2. The summed E-state index contributed by atoms with van der Waals surface area (Å²) in [7, 11) is -4.21. The van der Waals surface area contributed by atoms with Gasteiger partial charge in [0.1, 0.15) is 12.6 Å². The summed E-state index contributed by atoms with van der Waals surface area (Å²) in [6.45, 7) is 5.06. The van der Waals surface area contributed by atoms with Crippen LogP contribution in [0.15, 0.2) is 71.6 Å². The van der Waals surface area contributed by atoms with Crippen molar-refractivity contribution in [2.24, 2.45) is 0 Å². The number of aryl methyl sites for hydroxylation is 2. The van der Waals surface area contributed by atoms with Crippen LogP contribution in [-0.4, -0.2) is 43.8 Å². The maximum absolute atomic E-state index is 14.2. The van der Waals surface area contributed by atoms with Crippen LogP contribution in [0.4, 0.5) is 5.69 Å².